The maximum Gasteiger partial charge on any atom is 0.273 e. The minimum Gasteiger partial charge on any atom is -0.491 e. The molecule has 0 spiro atoms. The molecule has 0 bridgehead atoms. The first-order chi connectivity index (χ1) is 15.4. The molecule has 1 amide bonds. The van der Waals surface area contributed by atoms with E-state index in [0.717, 1.165) is 11.3 Å². The van der Waals surface area contributed by atoms with Gasteiger partial charge in [-0.15, -0.1) is 0 Å². The molecule has 1 heterocycles. The molecule has 9 heteroatoms. The van der Waals surface area contributed by atoms with E-state index in [1.54, 1.807) is 37.6 Å². The van der Waals surface area contributed by atoms with Crippen molar-refractivity contribution in [1.82, 2.24) is 10.2 Å². The number of aliphatic hydroxyl groups is 1. The standard InChI is InChI=1S/C23H25N3O6/c1-24-23(28)18-9-7-17(8-10-18)13-25(15-22-6-3-11-31-22)14-20(27)16-32-21-5-2-4-19(12-21)26(29)30/h2-12,20,27H,13-16H2,1H3,(H,24,28). The van der Waals surface area contributed by atoms with Crippen LogP contribution in [0, 0.1) is 10.1 Å². The van der Waals surface area contributed by atoms with Gasteiger partial charge in [-0.3, -0.25) is 19.8 Å². The van der Waals surface area contributed by atoms with Crippen molar-refractivity contribution in [2.75, 3.05) is 20.2 Å². The number of hydrogen-bond donors (Lipinski definition) is 2. The van der Waals surface area contributed by atoms with Gasteiger partial charge in [0.1, 0.15) is 24.2 Å². The van der Waals surface area contributed by atoms with Crippen molar-refractivity contribution in [3.05, 3.63) is 93.9 Å². The summed E-state index contributed by atoms with van der Waals surface area (Å²) in [6, 6.07) is 16.7. The number of amides is 1. The summed E-state index contributed by atoms with van der Waals surface area (Å²) in [6.07, 6.45) is 0.752. The van der Waals surface area contributed by atoms with Crippen LogP contribution in [-0.2, 0) is 13.1 Å². The first-order valence-electron chi connectivity index (χ1n) is 10.1. The Morgan fingerprint density at radius 1 is 1.19 bits per heavy atom. The third kappa shape index (κ3) is 6.66. The van der Waals surface area contributed by atoms with Crippen LogP contribution in [0.4, 0.5) is 5.69 Å². The number of nitro benzene ring substituents is 1. The van der Waals surface area contributed by atoms with E-state index in [1.165, 1.54) is 18.2 Å². The van der Waals surface area contributed by atoms with Crippen LogP contribution in [0.3, 0.4) is 0 Å². The molecule has 3 rings (SSSR count). The van der Waals surface area contributed by atoms with Crippen LogP contribution < -0.4 is 10.1 Å². The highest BCUT2D eigenvalue weighted by Crippen LogP contribution is 2.19. The van der Waals surface area contributed by atoms with E-state index in [4.69, 9.17) is 9.15 Å². The van der Waals surface area contributed by atoms with E-state index in [0.29, 0.717) is 24.4 Å². The number of nitrogens with zero attached hydrogens (tertiary/aromatic N) is 2. The number of furan rings is 1. The summed E-state index contributed by atoms with van der Waals surface area (Å²) >= 11 is 0. The molecule has 32 heavy (non-hydrogen) atoms. The summed E-state index contributed by atoms with van der Waals surface area (Å²) in [4.78, 5) is 24.1. The van der Waals surface area contributed by atoms with E-state index in [9.17, 15) is 20.0 Å². The van der Waals surface area contributed by atoms with Crippen LogP contribution in [0.2, 0.25) is 0 Å². The summed E-state index contributed by atoms with van der Waals surface area (Å²) in [5, 5.41) is 24.0. The third-order valence-corrected chi connectivity index (χ3v) is 4.75. The van der Waals surface area contributed by atoms with Gasteiger partial charge in [-0.05, 0) is 35.9 Å². The zero-order valence-corrected chi connectivity index (χ0v) is 17.6. The number of aliphatic hydroxyl groups excluding tert-OH is 1. The summed E-state index contributed by atoms with van der Waals surface area (Å²) in [5.74, 6) is 0.914. The maximum atomic E-state index is 11.7. The predicted octanol–water partition coefficient (Wildman–Crippen LogP) is 2.99. The van der Waals surface area contributed by atoms with Gasteiger partial charge in [-0.2, -0.15) is 0 Å². The molecule has 0 aliphatic heterocycles. The van der Waals surface area contributed by atoms with Crippen LogP contribution >= 0.6 is 0 Å². The highest BCUT2D eigenvalue weighted by Gasteiger charge is 2.16. The molecule has 3 aromatic rings. The molecule has 2 aromatic carbocycles. The molecule has 2 N–H and O–H groups in total. The lowest BCUT2D eigenvalue weighted by atomic mass is 10.1. The van der Waals surface area contributed by atoms with Crippen LogP contribution in [0.5, 0.6) is 5.75 Å². The van der Waals surface area contributed by atoms with Crippen molar-refractivity contribution >= 4 is 11.6 Å². The number of carbonyl (C=O) groups is 1. The molecule has 1 unspecified atom stereocenters. The van der Waals surface area contributed by atoms with Gasteiger partial charge in [-0.1, -0.05) is 18.2 Å². The van der Waals surface area contributed by atoms with Gasteiger partial charge in [0.25, 0.3) is 11.6 Å². The van der Waals surface area contributed by atoms with E-state index in [2.05, 4.69) is 5.32 Å². The topological polar surface area (TPSA) is 118 Å². The quantitative estimate of drug-likeness (QED) is 0.348. The maximum absolute atomic E-state index is 11.7. The number of nitro groups is 1. The van der Waals surface area contributed by atoms with Gasteiger partial charge in [0.15, 0.2) is 0 Å². The largest absolute Gasteiger partial charge is 0.491 e. The second-order valence-electron chi connectivity index (χ2n) is 7.24. The monoisotopic (exact) mass is 439 g/mol. The molecule has 0 aliphatic carbocycles. The molecule has 0 fully saturated rings. The lowest BCUT2D eigenvalue weighted by molar-refractivity contribution is -0.384. The van der Waals surface area contributed by atoms with Gasteiger partial charge in [0.2, 0.25) is 0 Å². The highest BCUT2D eigenvalue weighted by atomic mass is 16.6. The van der Waals surface area contributed by atoms with Crippen molar-refractivity contribution in [2.45, 2.75) is 19.2 Å². The fourth-order valence-electron chi connectivity index (χ4n) is 3.20. The molecule has 168 valence electrons. The van der Waals surface area contributed by atoms with E-state index in [-0.39, 0.29) is 24.7 Å². The normalized spacial score (nSPS) is 11.8. The number of carbonyl (C=O) groups excluding carboxylic acids is 1. The zero-order valence-electron chi connectivity index (χ0n) is 17.6. The lowest BCUT2D eigenvalue weighted by Crippen LogP contribution is -2.35. The van der Waals surface area contributed by atoms with Crippen LogP contribution in [0.15, 0.2) is 71.3 Å². The number of non-ortho nitro benzene ring substituents is 1. The Hall–Kier alpha value is -3.69. The van der Waals surface area contributed by atoms with E-state index < -0.39 is 11.0 Å². The Balaban J connectivity index is 1.62. The fourth-order valence-corrected chi connectivity index (χ4v) is 3.20. The van der Waals surface area contributed by atoms with Crippen LogP contribution in [0.1, 0.15) is 21.7 Å². The summed E-state index contributed by atoms with van der Waals surface area (Å²) in [7, 11) is 1.58. The molecule has 1 atom stereocenters. The first kappa shape index (κ1) is 23.0. The summed E-state index contributed by atoms with van der Waals surface area (Å²) in [5.41, 5.74) is 1.46. The second kappa shape index (κ2) is 11.1. The van der Waals surface area contributed by atoms with Gasteiger partial charge in [0, 0.05) is 31.8 Å². The van der Waals surface area contributed by atoms with Gasteiger partial charge >= 0.3 is 0 Å². The number of ether oxygens (including phenoxy) is 1. The molecule has 0 saturated carbocycles. The SMILES string of the molecule is CNC(=O)c1ccc(CN(Cc2ccco2)CC(O)COc2cccc([N+](=O)[O-])c2)cc1. The second-order valence-corrected chi connectivity index (χ2v) is 7.24. The Labute approximate surface area is 185 Å². The van der Waals surface area contributed by atoms with E-state index >= 15 is 0 Å². The molecule has 0 radical (unpaired) electrons. The molecule has 0 aliphatic rings. The Morgan fingerprint density at radius 2 is 1.97 bits per heavy atom. The highest BCUT2D eigenvalue weighted by molar-refractivity contribution is 5.93. The average molecular weight is 439 g/mol. The van der Waals surface area contributed by atoms with Crippen molar-refractivity contribution in [3.8, 4) is 5.75 Å². The minimum atomic E-state index is -0.839. The lowest BCUT2D eigenvalue weighted by Gasteiger charge is -2.24. The third-order valence-electron chi connectivity index (χ3n) is 4.75. The number of benzene rings is 2. The van der Waals surface area contributed by atoms with Crippen molar-refractivity contribution < 1.29 is 24.0 Å². The van der Waals surface area contributed by atoms with Crippen LogP contribution in [-0.4, -0.2) is 47.1 Å². The Bertz CT molecular complexity index is 1020. The molecular weight excluding hydrogens is 414 g/mol. The predicted molar refractivity (Wildman–Crippen MR) is 117 cm³/mol. The van der Waals surface area contributed by atoms with Gasteiger partial charge in [-0.25, -0.2) is 0 Å². The molecule has 0 saturated heterocycles. The smallest absolute Gasteiger partial charge is 0.273 e. The summed E-state index contributed by atoms with van der Waals surface area (Å²) < 4.78 is 11.0. The van der Waals surface area contributed by atoms with Crippen molar-refractivity contribution in [1.29, 1.82) is 0 Å². The molecule has 9 nitrogen and oxygen atoms in total. The fraction of sp³-hybridized carbons (Fsp3) is 0.261. The zero-order chi connectivity index (χ0) is 22.9. The van der Waals surface area contributed by atoms with Crippen molar-refractivity contribution in [2.24, 2.45) is 0 Å². The van der Waals surface area contributed by atoms with E-state index in [1.807, 2.05) is 23.1 Å². The minimum absolute atomic E-state index is 0.0224. The van der Waals surface area contributed by atoms with Gasteiger partial charge in [0.05, 0.1) is 23.8 Å². The number of hydrogen-bond acceptors (Lipinski definition) is 7. The van der Waals surface area contributed by atoms with Gasteiger partial charge < -0.3 is 19.6 Å². The first-order valence-corrected chi connectivity index (χ1v) is 10.1. The molecule has 1 aromatic heterocycles. The Kier molecular flexibility index (Phi) is 7.96. The Morgan fingerprint density at radius 3 is 2.62 bits per heavy atom. The molecular formula is C23H25N3O6. The van der Waals surface area contributed by atoms with Crippen LogP contribution in [0.25, 0.3) is 0 Å². The number of rotatable bonds is 11. The summed E-state index contributed by atoms with van der Waals surface area (Å²) in [6.45, 7) is 1.25. The average Bonchev–Trinajstić information content (AvgIpc) is 3.31. The van der Waals surface area contributed by atoms with Crippen molar-refractivity contribution in [3.63, 3.8) is 0 Å². The number of nitrogens with one attached hydrogen (secondary N) is 1.